The Hall–Kier alpha value is -3.02. The molecule has 2 aromatic carbocycles. The standard InChI is InChI=1S/C22H24F4N2O5S/c1-5-18-13(2)28(34(30,31)16-9-6-14(23)7-10-16)17-12-15(8-11-19(17)32-18)27-20(29)33-21(3,4)22(24,25)26/h6-13,18H,5H2,1-4H3,(H,27,29). The number of benzene rings is 2. The van der Waals surface area contributed by atoms with Gasteiger partial charge in [0.05, 0.1) is 16.6 Å². The lowest BCUT2D eigenvalue weighted by molar-refractivity contribution is -0.242. The quantitative estimate of drug-likeness (QED) is 0.546. The van der Waals surface area contributed by atoms with Crippen molar-refractivity contribution in [1.82, 2.24) is 0 Å². The molecule has 2 unspecified atom stereocenters. The average molecular weight is 505 g/mol. The predicted molar refractivity (Wildman–Crippen MR) is 117 cm³/mol. The molecular weight excluding hydrogens is 480 g/mol. The van der Waals surface area contributed by atoms with E-state index in [0.29, 0.717) is 20.3 Å². The normalized spacial score (nSPS) is 18.6. The Morgan fingerprint density at radius 3 is 2.32 bits per heavy atom. The van der Waals surface area contributed by atoms with Crippen LogP contribution < -0.4 is 14.4 Å². The molecule has 0 fully saturated rings. The van der Waals surface area contributed by atoms with Crippen LogP contribution in [0.25, 0.3) is 0 Å². The van der Waals surface area contributed by atoms with E-state index in [9.17, 15) is 30.8 Å². The van der Waals surface area contributed by atoms with Gasteiger partial charge in [-0.15, -0.1) is 0 Å². The molecule has 1 heterocycles. The molecule has 0 saturated carbocycles. The fourth-order valence-electron chi connectivity index (χ4n) is 3.42. The lowest BCUT2D eigenvalue weighted by atomic mass is 10.1. The highest BCUT2D eigenvalue weighted by atomic mass is 32.2. The van der Waals surface area contributed by atoms with Crippen LogP contribution >= 0.6 is 0 Å². The zero-order chi connectivity index (χ0) is 25.5. The highest BCUT2D eigenvalue weighted by Gasteiger charge is 2.51. The number of ether oxygens (including phenoxy) is 2. The molecule has 0 spiro atoms. The molecule has 1 aliphatic rings. The number of anilines is 2. The van der Waals surface area contributed by atoms with Crippen molar-refractivity contribution >= 4 is 27.5 Å². The zero-order valence-corrected chi connectivity index (χ0v) is 19.6. The maximum Gasteiger partial charge on any atom is 0.427 e. The number of hydrogen-bond donors (Lipinski definition) is 1. The molecule has 0 aromatic heterocycles. The zero-order valence-electron chi connectivity index (χ0n) is 18.8. The topological polar surface area (TPSA) is 84.9 Å². The van der Waals surface area contributed by atoms with Crippen molar-refractivity contribution in [3.05, 3.63) is 48.3 Å². The van der Waals surface area contributed by atoms with Crippen molar-refractivity contribution < 1.29 is 40.2 Å². The Morgan fingerprint density at radius 1 is 1.15 bits per heavy atom. The molecule has 1 amide bonds. The third kappa shape index (κ3) is 4.91. The molecule has 0 saturated heterocycles. The van der Waals surface area contributed by atoms with Gasteiger partial charge in [-0.1, -0.05) is 6.92 Å². The number of amides is 1. The average Bonchev–Trinajstić information content (AvgIpc) is 2.72. The number of alkyl halides is 3. The smallest absolute Gasteiger partial charge is 0.427 e. The van der Waals surface area contributed by atoms with Crippen molar-refractivity contribution in [3.63, 3.8) is 0 Å². The number of carbonyl (C=O) groups is 1. The van der Waals surface area contributed by atoms with Gasteiger partial charge in [0, 0.05) is 5.69 Å². The Morgan fingerprint density at radius 2 is 1.76 bits per heavy atom. The molecule has 12 heteroatoms. The van der Waals surface area contributed by atoms with E-state index in [1.54, 1.807) is 6.92 Å². The van der Waals surface area contributed by atoms with Crippen molar-refractivity contribution in [2.75, 3.05) is 9.62 Å². The number of carbonyl (C=O) groups excluding carboxylic acids is 1. The molecule has 3 rings (SSSR count). The van der Waals surface area contributed by atoms with Gasteiger partial charge in [0.2, 0.25) is 5.60 Å². The number of fused-ring (bicyclic) bond motifs is 1. The Balaban J connectivity index is 1.99. The number of nitrogens with one attached hydrogen (secondary N) is 1. The van der Waals surface area contributed by atoms with Gasteiger partial charge in [-0.3, -0.25) is 9.62 Å². The Bertz CT molecular complexity index is 1170. The molecule has 2 atom stereocenters. The molecule has 1 aliphatic heterocycles. The van der Waals surface area contributed by atoms with Gasteiger partial charge in [-0.05, 0) is 69.7 Å². The lowest BCUT2D eigenvalue weighted by Gasteiger charge is -2.40. The first kappa shape index (κ1) is 25.6. The molecule has 186 valence electrons. The van der Waals surface area contributed by atoms with E-state index < -0.39 is 45.9 Å². The van der Waals surface area contributed by atoms with E-state index in [4.69, 9.17) is 4.74 Å². The Kier molecular flexibility index (Phi) is 6.75. The van der Waals surface area contributed by atoms with Crippen LogP contribution in [0.15, 0.2) is 47.4 Å². The molecule has 7 nitrogen and oxygen atoms in total. The van der Waals surface area contributed by atoms with Gasteiger partial charge < -0.3 is 9.47 Å². The number of sulfonamides is 1. The number of nitrogens with zero attached hydrogens (tertiary/aromatic N) is 1. The highest BCUT2D eigenvalue weighted by molar-refractivity contribution is 7.92. The second kappa shape index (κ2) is 8.97. The summed E-state index contributed by atoms with van der Waals surface area (Å²) >= 11 is 0. The second-order valence-corrected chi connectivity index (χ2v) is 10.1. The van der Waals surface area contributed by atoms with Crippen LogP contribution in [0.3, 0.4) is 0 Å². The van der Waals surface area contributed by atoms with Crippen LogP contribution in [0.4, 0.5) is 33.7 Å². The number of hydrogen-bond acceptors (Lipinski definition) is 5. The molecule has 1 N–H and O–H groups in total. The van der Waals surface area contributed by atoms with Gasteiger partial charge in [0.25, 0.3) is 10.0 Å². The van der Waals surface area contributed by atoms with Crippen molar-refractivity contribution in [1.29, 1.82) is 0 Å². The van der Waals surface area contributed by atoms with Gasteiger partial charge in [0.1, 0.15) is 17.7 Å². The summed E-state index contributed by atoms with van der Waals surface area (Å²) in [6.07, 6.45) is -6.18. The minimum Gasteiger partial charge on any atom is -0.486 e. The first-order valence-corrected chi connectivity index (χ1v) is 11.8. The maximum atomic E-state index is 13.5. The van der Waals surface area contributed by atoms with E-state index in [1.165, 1.54) is 18.2 Å². The molecule has 0 bridgehead atoms. The number of rotatable bonds is 5. The molecule has 0 aliphatic carbocycles. The first-order chi connectivity index (χ1) is 15.7. The monoisotopic (exact) mass is 504 g/mol. The van der Waals surface area contributed by atoms with Gasteiger partial charge in [-0.2, -0.15) is 13.2 Å². The summed E-state index contributed by atoms with van der Waals surface area (Å²) < 4.78 is 90.9. The molecule has 0 radical (unpaired) electrons. The molecule has 34 heavy (non-hydrogen) atoms. The Labute approximate surface area is 194 Å². The van der Waals surface area contributed by atoms with Crippen LogP contribution in [0.5, 0.6) is 5.75 Å². The van der Waals surface area contributed by atoms with Gasteiger partial charge in [-0.25, -0.2) is 17.6 Å². The van der Waals surface area contributed by atoms with E-state index in [1.807, 2.05) is 6.92 Å². The van der Waals surface area contributed by atoms with Gasteiger partial charge >= 0.3 is 12.3 Å². The summed E-state index contributed by atoms with van der Waals surface area (Å²) in [7, 11) is -4.18. The summed E-state index contributed by atoms with van der Waals surface area (Å²) in [5.74, 6) is -0.405. The lowest BCUT2D eigenvalue weighted by Crippen LogP contribution is -2.50. The minimum absolute atomic E-state index is 0.00761. The van der Waals surface area contributed by atoms with Crippen LogP contribution in [0.1, 0.15) is 34.1 Å². The highest BCUT2D eigenvalue weighted by Crippen LogP contribution is 2.42. The van der Waals surface area contributed by atoms with Crippen molar-refractivity contribution in [2.45, 2.75) is 62.9 Å². The van der Waals surface area contributed by atoms with Crippen LogP contribution in [-0.2, 0) is 14.8 Å². The minimum atomic E-state index is -4.79. The van der Waals surface area contributed by atoms with Crippen LogP contribution in [0.2, 0.25) is 0 Å². The van der Waals surface area contributed by atoms with Crippen molar-refractivity contribution in [3.8, 4) is 5.75 Å². The van der Waals surface area contributed by atoms with E-state index >= 15 is 0 Å². The largest absolute Gasteiger partial charge is 0.486 e. The first-order valence-electron chi connectivity index (χ1n) is 10.3. The fourth-order valence-corrected chi connectivity index (χ4v) is 5.11. The molecule has 2 aromatic rings. The van der Waals surface area contributed by atoms with E-state index in [0.717, 1.165) is 28.6 Å². The fraction of sp³-hybridized carbons (Fsp3) is 0.409. The summed E-state index contributed by atoms with van der Waals surface area (Å²) in [5, 5.41) is 2.19. The summed E-state index contributed by atoms with van der Waals surface area (Å²) in [4.78, 5) is 11.9. The SMILES string of the molecule is CCC1Oc2ccc(NC(=O)OC(C)(C)C(F)(F)F)cc2N(S(=O)(=O)c2ccc(F)cc2)C1C. The summed E-state index contributed by atoms with van der Waals surface area (Å²) in [5.41, 5.74) is -2.68. The van der Waals surface area contributed by atoms with Crippen molar-refractivity contribution in [2.24, 2.45) is 0 Å². The number of halogens is 4. The van der Waals surface area contributed by atoms with Gasteiger partial charge in [0.15, 0.2) is 0 Å². The predicted octanol–water partition coefficient (Wildman–Crippen LogP) is 5.47. The van der Waals surface area contributed by atoms with E-state index in [2.05, 4.69) is 10.1 Å². The second-order valence-electron chi connectivity index (χ2n) is 8.27. The maximum absolute atomic E-state index is 13.5. The summed E-state index contributed by atoms with van der Waals surface area (Å²) in [6, 6.07) is 7.64. The van der Waals surface area contributed by atoms with E-state index in [-0.39, 0.29) is 22.0 Å². The molecular formula is C22H24F4N2O5S. The third-order valence-corrected chi connectivity index (χ3v) is 7.35. The summed E-state index contributed by atoms with van der Waals surface area (Å²) in [6.45, 7) is 4.87. The third-order valence-electron chi connectivity index (χ3n) is 5.43. The van der Waals surface area contributed by atoms with Crippen LogP contribution in [0, 0.1) is 5.82 Å². The van der Waals surface area contributed by atoms with Crippen LogP contribution in [-0.4, -0.2) is 38.4 Å².